The van der Waals surface area contributed by atoms with Crippen molar-refractivity contribution in [1.82, 2.24) is 10.6 Å². The molecule has 0 fully saturated rings. The molecule has 0 unspecified atom stereocenters. The van der Waals surface area contributed by atoms with Crippen molar-refractivity contribution in [2.75, 3.05) is 28.4 Å². The van der Waals surface area contributed by atoms with Gasteiger partial charge in [-0.3, -0.25) is 29.8 Å². The molecule has 10 heteroatoms. The van der Waals surface area contributed by atoms with Gasteiger partial charge in [0.25, 0.3) is 23.6 Å². The maximum Gasteiger partial charge on any atom is 0.258 e. The Morgan fingerprint density at radius 2 is 0.783 bits per heavy atom. The third-order valence-corrected chi connectivity index (χ3v) is 7.30. The predicted octanol–water partition coefficient (Wildman–Crippen LogP) is 5.03. The van der Waals surface area contributed by atoms with Gasteiger partial charge in [-0.2, -0.15) is 0 Å². The highest BCUT2D eigenvalue weighted by Crippen LogP contribution is 2.32. The number of nitrogens with one attached hydrogen (secondary N) is 2. The van der Waals surface area contributed by atoms with Crippen LogP contribution in [0.2, 0.25) is 0 Å². The molecule has 2 heterocycles. The van der Waals surface area contributed by atoms with E-state index in [0.717, 1.165) is 11.1 Å². The van der Waals surface area contributed by atoms with Crippen molar-refractivity contribution in [3.8, 4) is 23.0 Å². The van der Waals surface area contributed by atoms with Crippen LogP contribution in [0.25, 0.3) is 23.3 Å². The van der Waals surface area contributed by atoms with E-state index < -0.39 is 11.8 Å². The summed E-state index contributed by atoms with van der Waals surface area (Å²) in [5.41, 5.74) is 4.64. The molecule has 0 saturated carbocycles. The van der Waals surface area contributed by atoms with Crippen molar-refractivity contribution in [3.05, 3.63) is 118 Å². The van der Waals surface area contributed by atoms with Crippen LogP contribution in [-0.4, -0.2) is 52.1 Å². The lowest BCUT2D eigenvalue weighted by Crippen LogP contribution is -2.36. The Balaban J connectivity index is 0.000000181. The monoisotopic (exact) mass is 618 g/mol. The molecule has 0 bridgehead atoms. The summed E-state index contributed by atoms with van der Waals surface area (Å²) in [4.78, 5) is 48.2. The molecule has 4 amide bonds. The third-order valence-electron chi connectivity index (χ3n) is 7.30. The first kappa shape index (κ1) is 31.3. The summed E-state index contributed by atoms with van der Waals surface area (Å²) in [6.45, 7) is 0. The van der Waals surface area contributed by atoms with Crippen molar-refractivity contribution in [3.63, 3.8) is 0 Å². The summed E-state index contributed by atoms with van der Waals surface area (Å²) in [7, 11) is 6.23. The van der Waals surface area contributed by atoms with Crippen LogP contribution < -0.4 is 29.6 Å². The predicted molar refractivity (Wildman–Crippen MR) is 173 cm³/mol. The minimum absolute atomic E-state index is 0.380. The molecule has 10 nitrogen and oxygen atoms in total. The normalized spacial score (nSPS) is 15.1. The standard InChI is InChI=1S/2C18H15NO4/c2*1-22-15-8-7-11(10-16(15)23-2)9-14-12-5-3-4-6-13(12)17(20)19-18(14)21/h2*3-10H,1-2H3,(H,19,20,21)/b14-9+;14-9-. The van der Waals surface area contributed by atoms with Gasteiger partial charge in [0.1, 0.15) is 0 Å². The molecule has 0 aliphatic carbocycles. The zero-order chi connectivity index (χ0) is 32.8. The highest BCUT2D eigenvalue weighted by Gasteiger charge is 2.27. The van der Waals surface area contributed by atoms with Gasteiger partial charge in [0.2, 0.25) is 0 Å². The van der Waals surface area contributed by atoms with Gasteiger partial charge in [0.05, 0.1) is 28.4 Å². The Bertz CT molecular complexity index is 1790. The number of ether oxygens (including phenoxy) is 4. The Morgan fingerprint density at radius 1 is 0.435 bits per heavy atom. The third kappa shape index (κ3) is 6.36. The fraction of sp³-hybridized carbons (Fsp3) is 0.111. The van der Waals surface area contributed by atoms with Crippen molar-refractivity contribution >= 4 is 46.9 Å². The van der Waals surface area contributed by atoms with E-state index in [-0.39, 0.29) is 11.8 Å². The number of hydrogen-bond donors (Lipinski definition) is 2. The minimum Gasteiger partial charge on any atom is -0.493 e. The summed E-state index contributed by atoms with van der Waals surface area (Å²) in [5.74, 6) is 0.776. The Kier molecular flexibility index (Phi) is 9.28. The van der Waals surface area contributed by atoms with E-state index in [9.17, 15) is 19.2 Å². The lowest BCUT2D eigenvalue weighted by Gasteiger charge is -2.18. The average molecular weight is 619 g/mol. The van der Waals surface area contributed by atoms with Crippen molar-refractivity contribution in [1.29, 1.82) is 0 Å². The number of imide groups is 2. The number of fused-ring (bicyclic) bond motifs is 2. The number of methoxy groups -OCH3 is 4. The van der Waals surface area contributed by atoms with Crippen LogP contribution in [0.5, 0.6) is 23.0 Å². The van der Waals surface area contributed by atoms with Crippen LogP contribution in [0.1, 0.15) is 43.0 Å². The first-order chi connectivity index (χ1) is 22.3. The molecule has 2 aliphatic heterocycles. The van der Waals surface area contributed by atoms with Crippen LogP contribution in [0.3, 0.4) is 0 Å². The highest BCUT2D eigenvalue weighted by molar-refractivity contribution is 6.34. The number of benzene rings is 4. The van der Waals surface area contributed by atoms with Crippen molar-refractivity contribution in [2.24, 2.45) is 0 Å². The number of amides is 4. The van der Waals surface area contributed by atoms with Gasteiger partial charge in [-0.15, -0.1) is 0 Å². The first-order valence-corrected chi connectivity index (χ1v) is 14.1. The second-order valence-electron chi connectivity index (χ2n) is 10.0. The number of hydrogen-bond acceptors (Lipinski definition) is 8. The SMILES string of the molecule is COc1ccc(/C=C2/C(=O)NC(=O)c3ccccc32)cc1OC.COc1ccc(/C=C2\C(=O)NC(=O)c3ccccc32)cc1OC. The van der Waals surface area contributed by atoms with Gasteiger partial charge >= 0.3 is 0 Å². The number of rotatable bonds is 6. The lowest BCUT2D eigenvalue weighted by atomic mass is 9.93. The van der Waals surface area contributed by atoms with Crippen molar-refractivity contribution in [2.45, 2.75) is 0 Å². The van der Waals surface area contributed by atoms with Gasteiger partial charge in [0.15, 0.2) is 23.0 Å². The Morgan fingerprint density at radius 3 is 1.13 bits per heavy atom. The minimum atomic E-state index is -0.413. The molecule has 0 radical (unpaired) electrons. The summed E-state index contributed by atoms with van der Waals surface area (Å²) in [5, 5.41) is 4.71. The van der Waals surface area contributed by atoms with Crippen LogP contribution in [-0.2, 0) is 9.59 Å². The van der Waals surface area contributed by atoms with Gasteiger partial charge in [-0.1, -0.05) is 48.5 Å². The lowest BCUT2D eigenvalue weighted by molar-refractivity contribution is -0.115. The van der Waals surface area contributed by atoms with E-state index in [2.05, 4.69) is 10.6 Å². The maximum atomic E-state index is 12.2. The molecular weight excluding hydrogens is 588 g/mol. The van der Waals surface area contributed by atoms with E-state index in [1.807, 2.05) is 12.1 Å². The van der Waals surface area contributed by atoms with Gasteiger partial charge in [-0.25, -0.2) is 0 Å². The Labute approximate surface area is 265 Å². The second kappa shape index (κ2) is 13.6. The van der Waals surface area contributed by atoms with Gasteiger partial charge in [-0.05, 0) is 70.8 Å². The molecule has 4 aromatic rings. The van der Waals surface area contributed by atoms with Crippen LogP contribution in [0, 0.1) is 0 Å². The summed E-state index contributed by atoms with van der Waals surface area (Å²) < 4.78 is 20.9. The molecule has 46 heavy (non-hydrogen) atoms. The average Bonchev–Trinajstić information content (AvgIpc) is 3.08. The molecule has 6 rings (SSSR count). The maximum absolute atomic E-state index is 12.2. The number of carbonyl (C=O) groups is 4. The van der Waals surface area contributed by atoms with Crippen LogP contribution in [0.4, 0.5) is 0 Å². The van der Waals surface area contributed by atoms with E-state index >= 15 is 0 Å². The largest absolute Gasteiger partial charge is 0.493 e. The molecule has 0 saturated heterocycles. The number of carbonyl (C=O) groups excluding carboxylic acids is 4. The fourth-order valence-corrected chi connectivity index (χ4v) is 5.06. The molecule has 0 spiro atoms. The zero-order valence-electron chi connectivity index (χ0n) is 25.5. The molecule has 0 atom stereocenters. The Hall–Kier alpha value is -6.16. The molecular formula is C36H30N2O8. The fourth-order valence-electron chi connectivity index (χ4n) is 5.06. The molecule has 2 aliphatic rings. The quantitative estimate of drug-likeness (QED) is 0.228. The van der Waals surface area contributed by atoms with Crippen LogP contribution >= 0.6 is 0 Å². The molecule has 232 valence electrons. The smallest absolute Gasteiger partial charge is 0.258 e. The second-order valence-corrected chi connectivity index (χ2v) is 10.0. The topological polar surface area (TPSA) is 129 Å². The van der Waals surface area contributed by atoms with E-state index in [1.165, 1.54) is 0 Å². The van der Waals surface area contributed by atoms with Gasteiger partial charge < -0.3 is 18.9 Å². The summed E-state index contributed by atoms with van der Waals surface area (Å²) >= 11 is 0. The molecule has 4 aromatic carbocycles. The van der Waals surface area contributed by atoms with E-state index in [1.54, 1.807) is 113 Å². The van der Waals surface area contributed by atoms with Gasteiger partial charge in [0, 0.05) is 22.3 Å². The molecule has 2 N–H and O–H groups in total. The first-order valence-electron chi connectivity index (χ1n) is 14.1. The summed E-state index contributed by atoms with van der Waals surface area (Å²) in [6, 6.07) is 24.8. The zero-order valence-corrected chi connectivity index (χ0v) is 25.5. The molecule has 0 aromatic heterocycles. The summed E-state index contributed by atoms with van der Waals surface area (Å²) in [6.07, 6.45) is 3.45. The van der Waals surface area contributed by atoms with Crippen LogP contribution in [0.15, 0.2) is 84.9 Å². The highest BCUT2D eigenvalue weighted by atomic mass is 16.5. The van der Waals surface area contributed by atoms with E-state index in [0.29, 0.717) is 56.4 Å². The van der Waals surface area contributed by atoms with E-state index in [4.69, 9.17) is 18.9 Å². The van der Waals surface area contributed by atoms with Crippen molar-refractivity contribution < 1.29 is 38.1 Å².